The van der Waals surface area contributed by atoms with Gasteiger partial charge in [0, 0.05) is 7.26 Å². The summed E-state index contributed by atoms with van der Waals surface area (Å²) in [5, 5.41) is 0. The van der Waals surface area contributed by atoms with Crippen molar-refractivity contribution in [3.8, 4) is 0 Å². The molecule has 0 amide bonds. The van der Waals surface area contributed by atoms with Crippen LogP contribution in [0, 0.1) is 0 Å². The first-order chi connectivity index (χ1) is 15.2. The summed E-state index contributed by atoms with van der Waals surface area (Å²) in [5.41, 5.74) is 0. The van der Waals surface area contributed by atoms with Crippen LogP contribution in [0.2, 0.25) is 0 Å². The lowest BCUT2D eigenvalue weighted by molar-refractivity contribution is 0.531. The lowest BCUT2D eigenvalue weighted by Gasteiger charge is -2.28. The van der Waals surface area contributed by atoms with Crippen LogP contribution in [0.15, 0.2) is 0 Å². The maximum atomic E-state index is 2.39. The number of unbranched alkanes of at least 4 members (excludes halogenated alkanes) is 18. The molecule has 0 atom stereocenters. The number of hydrogen-bond acceptors (Lipinski definition) is 0. The molecule has 0 bridgehead atoms. The van der Waals surface area contributed by atoms with E-state index in [1.54, 1.807) is 31.1 Å². The Hall–Kier alpha value is 0.910. The average molecular weight is 537 g/mol. The van der Waals surface area contributed by atoms with Crippen LogP contribution >= 0.6 is 24.2 Å². The first-order valence-electron chi connectivity index (χ1n) is 15.1. The predicted molar refractivity (Wildman–Crippen MR) is 161 cm³/mol. The van der Waals surface area contributed by atoms with Gasteiger partial charge in [0.1, 0.15) is 0 Å². The molecule has 196 valence electrons. The Labute approximate surface area is 217 Å². The van der Waals surface area contributed by atoms with Gasteiger partial charge >= 0.3 is 0 Å². The normalized spacial score (nSPS) is 11.6. The summed E-state index contributed by atoms with van der Waals surface area (Å²) in [6.07, 6.45) is 39.0. The fourth-order valence-electron chi connectivity index (χ4n) is 5.15. The zero-order valence-corrected chi connectivity index (χ0v) is 25.8. The van der Waals surface area contributed by atoms with Crippen molar-refractivity contribution in [2.24, 2.45) is 0 Å². The molecule has 0 aromatic carbocycles. The second-order valence-electron chi connectivity index (χ2n) is 10.6. The third-order valence-electron chi connectivity index (χ3n) is 7.44. The van der Waals surface area contributed by atoms with Crippen molar-refractivity contribution in [3.63, 3.8) is 0 Å². The summed E-state index contributed by atoms with van der Waals surface area (Å²) in [4.78, 5) is 0. The topological polar surface area (TPSA) is 0 Å². The predicted octanol–water partition coefficient (Wildman–Crippen LogP) is 12.2. The van der Waals surface area contributed by atoms with Gasteiger partial charge in [0.15, 0.2) is 0 Å². The molecule has 0 aliphatic heterocycles. The minimum Gasteiger partial charge on any atom is -0.114 e. The van der Waals surface area contributed by atoms with Gasteiger partial charge in [-0.3, -0.25) is 0 Å². The highest BCUT2D eigenvalue weighted by molar-refractivity contribution is 8.93. The van der Waals surface area contributed by atoms with E-state index in [1.165, 1.54) is 135 Å². The molecule has 32 heavy (non-hydrogen) atoms. The molecule has 0 fully saturated rings. The van der Waals surface area contributed by atoms with Gasteiger partial charge in [0.05, 0.1) is 24.6 Å². The summed E-state index contributed by atoms with van der Waals surface area (Å²) in [6, 6.07) is 0. The van der Waals surface area contributed by atoms with E-state index >= 15 is 0 Å². The lowest BCUT2D eigenvalue weighted by Crippen LogP contribution is -2.13. The quantitative estimate of drug-likeness (QED) is 0.0762. The van der Waals surface area contributed by atoms with Crippen LogP contribution in [-0.2, 0) is 0 Å². The molecule has 0 saturated carbocycles. The molecule has 0 nitrogen and oxygen atoms in total. The van der Waals surface area contributed by atoms with E-state index in [9.17, 15) is 0 Å². The number of rotatable bonds is 26. The van der Waals surface area contributed by atoms with Gasteiger partial charge in [0.25, 0.3) is 0 Å². The fourth-order valence-corrected chi connectivity index (χ4v) is 10.3. The molecule has 2 heteroatoms. The van der Waals surface area contributed by atoms with E-state index in [0.29, 0.717) is 0 Å². The molecule has 0 aliphatic carbocycles. The van der Waals surface area contributed by atoms with E-state index in [1.807, 2.05) is 0 Å². The SMILES string of the molecule is Br.CCCCCCCCCCCCCCCCCC[P+](CCCC)(CCCC)CCCC. The Morgan fingerprint density at radius 2 is 0.500 bits per heavy atom. The first kappa shape index (κ1) is 35.1. The van der Waals surface area contributed by atoms with E-state index < -0.39 is 7.26 Å². The fraction of sp³-hybridized carbons (Fsp3) is 1.00. The van der Waals surface area contributed by atoms with Crippen molar-refractivity contribution in [3.05, 3.63) is 0 Å². The van der Waals surface area contributed by atoms with Gasteiger partial charge in [-0.05, 0) is 32.1 Å². The van der Waals surface area contributed by atoms with E-state index in [0.717, 1.165) is 0 Å². The largest absolute Gasteiger partial charge is 0.114 e. The Morgan fingerprint density at radius 1 is 0.281 bits per heavy atom. The van der Waals surface area contributed by atoms with Crippen LogP contribution in [-0.4, -0.2) is 24.6 Å². The first-order valence-corrected chi connectivity index (χ1v) is 17.6. The highest BCUT2D eigenvalue weighted by Crippen LogP contribution is 2.61. The maximum Gasteiger partial charge on any atom is 0.0594 e. The molecule has 0 radical (unpaired) electrons. The standard InChI is InChI=1S/C30H64P.BrH/c1-5-9-13-14-15-16-17-18-19-20-21-22-23-24-25-26-30-31(27-10-6-2,28-11-7-3)29-12-8-4;/h5-30H2,1-4H3;1H/q+1;. The lowest BCUT2D eigenvalue weighted by atomic mass is 10.0. The highest BCUT2D eigenvalue weighted by atomic mass is 79.9. The summed E-state index contributed by atoms with van der Waals surface area (Å²) in [5.74, 6) is 0. The van der Waals surface area contributed by atoms with Crippen molar-refractivity contribution in [2.75, 3.05) is 24.6 Å². The molecular formula is C30H65BrP+. The van der Waals surface area contributed by atoms with Gasteiger partial charge < -0.3 is 0 Å². The molecule has 0 unspecified atom stereocenters. The number of hydrogen-bond donors (Lipinski definition) is 0. The second-order valence-corrected chi connectivity index (χ2v) is 15.1. The van der Waals surface area contributed by atoms with Gasteiger partial charge in [-0.15, -0.1) is 17.0 Å². The molecule has 0 N–H and O–H groups in total. The maximum absolute atomic E-state index is 2.39. The summed E-state index contributed by atoms with van der Waals surface area (Å²) < 4.78 is 0. The van der Waals surface area contributed by atoms with E-state index in [2.05, 4.69) is 27.7 Å². The number of halogens is 1. The van der Waals surface area contributed by atoms with Crippen LogP contribution < -0.4 is 0 Å². The zero-order valence-electron chi connectivity index (χ0n) is 23.2. The van der Waals surface area contributed by atoms with Crippen molar-refractivity contribution in [1.29, 1.82) is 0 Å². The van der Waals surface area contributed by atoms with Gasteiger partial charge in [-0.2, -0.15) is 0 Å². The molecule has 0 heterocycles. The molecule has 0 aliphatic rings. The van der Waals surface area contributed by atoms with Crippen LogP contribution in [0.4, 0.5) is 0 Å². The molecule has 0 aromatic heterocycles. The van der Waals surface area contributed by atoms with Crippen molar-refractivity contribution < 1.29 is 0 Å². The smallest absolute Gasteiger partial charge is 0.0594 e. The van der Waals surface area contributed by atoms with Gasteiger partial charge in [-0.1, -0.05) is 137 Å². The third-order valence-corrected chi connectivity index (χ3v) is 12.5. The Morgan fingerprint density at radius 3 is 0.781 bits per heavy atom. The summed E-state index contributed by atoms with van der Waals surface area (Å²) >= 11 is 0. The Kier molecular flexibility index (Phi) is 30.9. The minimum absolute atomic E-state index is 0. The van der Waals surface area contributed by atoms with E-state index in [-0.39, 0.29) is 17.0 Å². The average Bonchev–Trinajstić information content (AvgIpc) is 2.79. The molecule has 0 aromatic rings. The van der Waals surface area contributed by atoms with Gasteiger partial charge in [0.2, 0.25) is 0 Å². The molecule has 0 spiro atoms. The van der Waals surface area contributed by atoms with Crippen molar-refractivity contribution >= 4 is 24.2 Å². The van der Waals surface area contributed by atoms with Crippen LogP contribution in [0.25, 0.3) is 0 Å². The monoisotopic (exact) mass is 535 g/mol. The van der Waals surface area contributed by atoms with Crippen LogP contribution in [0.3, 0.4) is 0 Å². The molecule has 0 saturated heterocycles. The Balaban J connectivity index is 0. The van der Waals surface area contributed by atoms with Crippen molar-refractivity contribution in [2.45, 2.75) is 169 Å². The molecule has 0 rings (SSSR count). The zero-order chi connectivity index (χ0) is 22.9. The van der Waals surface area contributed by atoms with Crippen LogP contribution in [0.1, 0.15) is 169 Å². The van der Waals surface area contributed by atoms with E-state index in [4.69, 9.17) is 0 Å². The van der Waals surface area contributed by atoms with Gasteiger partial charge in [-0.25, -0.2) is 0 Å². The highest BCUT2D eigenvalue weighted by Gasteiger charge is 2.34. The third kappa shape index (κ3) is 22.7. The second kappa shape index (κ2) is 28.1. The van der Waals surface area contributed by atoms with Crippen LogP contribution in [0.5, 0.6) is 0 Å². The molecular weight excluding hydrogens is 471 g/mol. The summed E-state index contributed by atoms with van der Waals surface area (Å²) in [7, 11) is -0.634. The minimum atomic E-state index is -0.634. The van der Waals surface area contributed by atoms with Crippen molar-refractivity contribution in [1.82, 2.24) is 0 Å². The Bertz CT molecular complexity index is 309. The summed E-state index contributed by atoms with van der Waals surface area (Å²) in [6.45, 7) is 9.48.